The van der Waals surface area contributed by atoms with E-state index < -0.39 is 5.91 Å². The molecule has 0 aromatic heterocycles. The van der Waals surface area contributed by atoms with E-state index in [-0.39, 0.29) is 3.90 Å². The molecule has 0 atom stereocenters. The Kier molecular flexibility index (Phi) is 5.11. The van der Waals surface area contributed by atoms with Crippen LogP contribution in [-0.4, -0.2) is 16.1 Å². The third kappa shape index (κ3) is 3.71. The van der Waals surface area contributed by atoms with Crippen LogP contribution in [0.3, 0.4) is 0 Å². The zero-order chi connectivity index (χ0) is 7.28. The van der Waals surface area contributed by atoms with E-state index >= 15 is 0 Å². The molecule has 0 aromatic carbocycles. The molecule has 0 unspecified atom stereocenters. The van der Waals surface area contributed by atoms with Crippen molar-refractivity contribution in [1.29, 1.82) is 0 Å². The molecular formula is C3H2N2O2W2. The first-order chi connectivity index (χ1) is 4.22. The van der Waals surface area contributed by atoms with E-state index in [1.807, 2.05) is 0 Å². The minimum atomic E-state index is -0.394. The summed E-state index contributed by atoms with van der Waals surface area (Å²) >= 11 is 1.77. The van der Waals surface area contributed by atoms with E-state index in [2.05, 4.69) is 9.03 Å². The molecule has 0 radical (unpaired) electrons. The molecule has 0 aliphatic heterocycles. The first-order valence-corrected chi connectivity index (χ1v) is 4.62. The Bertz CT molecular complexity index is 167. The normalized spacial score (nSPS) is 7.56. The van der Waals surface area contributed by atoms with Gasteiger partial charge in [0.2, 0.25) is 0 Å². The number of hydrogen-bond acceptors (Lipinski definition) is 3. The van der Waals surface area contributed by atoms with Crippen LogP contribution < -0.4 is 5.43 Å². The van der Waals surface area contributed by atoms with Crippen molar-refractivity contribution in [2.45, 2.75) is 0 Å². The topological polar surface area (TPSA) is 58.5 Å². The van der Waals surface area contributed by atoms with Crippen LogP contribution in [0, 0.1) is 0 Å². The number of amides is 1. The number of aldehydes is 1. The van der Waals surface area contributed by atoms with Gasteiger partial charge in [0, 0.05) is 0 Å². The Morgan fingerprint density at radius 2 is 2.22 bits per heavy atom. The summed E-state index contributed by atoms with van der Waals surface area (Å²) in [7, 11) is 0. The predicted molar refractivity (Wildman–Crippen MR) is 21.6 cm³/mol. The quantitative estimate of drug-likeness (QED) is 0.319. The van der Waals surface area contributed by atoms with Gasteiger partial charge in [-0.2, -0.15) is 0 Å². The predicted octanol–water partition coefficient (Wildman–Crippen LogP) is -1.33. The van der Waals surface area contributed by atoms with E-state index in [1.165, 1.54) is 0 Å². The molecule has 0 bridgehead atoms. The second kappa shape index (κ2) is 5.01. The molecule has 1 N–H and O–H groups in total. The van der Waals surface area contributed by atoms with E-state index in [0.717, 1.165) is 39.0 Å². The van der Waals surface area contributed by atoms with E-state index in [9.17, 15) is 9.59 Å². The third-order valence-corrected chi connectivity index (χ3v) is 1.82. The van der Waals surface area contributed by atoms with Crippen LogP contribution in [0.1, 0.15) is 0 Å². The van der Waals surface area contributed by atoms with Crippen LogP contribution in [0.4, 0.5) is 0 Å². The van der Waals surface area contributed by atoms with Gasteiger partial charge >= 0.3 is 73.7 Å². The van der Waals surface area contributed by atoms with Crippen molar-refractivity contribution in [3.8, 4) is 0 Å². The number of rotatable bonds is 3. The standard InChI is InChI=1S/C3H2N2O2.2W/c4-5-3(7)1-2-6;;/h2H,(H,5,7);;. The summed E-state index contributed by atoms with van der Waals surface area (Å²) in [5.41, 5.74) is 2.17. The first kappa shape index (κ1) is 9.19. The number of carbonyl (C=O) groups excluding carboxylic acids is 2. The van der Waals surface area contributed by atoms with Gasteiger partial charge in [-0.3, -0.25) is 0 Å². The van der Waals surface area contributed by atoms with E-state index in [1.54, 1.807) is 0 Å². The monoisotopic (exact) mass is 466 g/mol. The first-order valence-electron chi connectivity index (χ1n) is 1.84. The zero-order valence-corrected chi connectivity index (χ0v) is 10.0. The molecule has 0 aliphatic carbocycles. The van der Waals surface area contributed by atoms with Crippen LogP contribution in [-0.2, 0) is 48.6 Å². The van der Waals surface area contributed by atoms with Gasteiger partial charge in [-0.1, -0.05) is 0 Å². The molecule has 0 spiro atoms. The summed E-state index contributed by atoms with van der Waals surface area (Å²) in [4.78, 5) is 20.4. The molecule has 0 heterocycles. The van der Waals surface area contributed by atoms with Gasteiger partial charge in [0.1, 0.15) is 0 Å². The zero-order valence-electron chi connectivity index (χ0n) is 4.16. The van der Waals surface area contributed by atoms with Crippen LogP contribution in [0.2, 0.25) is 0 Å². The second-order valence-corrected chi connectivity index (χ2v) is 3.25. The Hall–Kier alpha value is 0.187. The van der Waals surface area contributed by atoms with E-state index in [4.69, 9.17) is 0 Å². The van der Waals surface area contributed by atoms with E-state index in [0.29, 0.717) is 6.29 Å². The van der Waals surface area contributed by atoms with Crippen LogP contribution in [0.15, 0.2) is 3.60 Å². The number of nitrogens with zero attached hydrogens (tertiary/aromatic N) is 1. The van der Waals surface area contributed by atoms with Crippen molar-refractivity contribution in [2.75, 3.05) is 0 Å². The SMILES string of the molecule is O=C[C](=[W])C(=O)N[N]=[W]. The fourth-order valence-electron chi connectivity index (χ4n) is 0.150. The fourth-order valence-corrected chi connectivity index (χ4v) is 0.612. The fraction of sp³-hybridized carbons (Fsp3) is 0. The van der Waals surface area contributed by atoms with Crippen LogP contribution in [0.5, 0.6) is 0 Å². The average Bonchev–Trinajstić information content (AvgIpc) is 1.87. The number of carbonyl (C=O) groups is 2. The molecule has 0 rings (SSSR count). The molecule has 0 aliphatic rings. The summed E-state index contributed by atoms with van der Waals surface area (Å²) in [6.07, 6.45) is 0.533. The van der Waals surface area contributed by atoms with Gasteiger partial charge in [0.25, 0.3) is 0 Å². The molecule has 0 saturated heterocycles. The van der Waals surface area contributed by atoms with Crippen molar-refractivity contribution < 1.29 is 48.6 Å². The summed E-state index contributed by atoms with van der Waals surface area (Å²) in [6.45, 7) is 0. The Balaban J connectivity index is 3.87. The Morgan fingerprint density at radius 3 is 2.56 bits per heavy atom. The van der Waals surface area contributed by atoms with Crippen molar-refractivity contribution in [3.63, 3.8) is 0 Å². The number of hydrogen-bond donors (Lipinski definition) is 1. The molecule has 48 valence electrons. The Morgan fingerprint density at radius 1 is 1.67 bits per heavy atom. The molecule has 4 nitrogen and oxygen atoms in total. The Labute approximate surface area is 73.5 Å². The van der Waals surface area contributed by atoms with Gasteiger partial charge in [0.15, 0.2) is 0 Å². The molecular weight excluding hydrogens is 464 g/mol. The van der Waals surface area contributed by atoms with Crippen molar-refractivity contribution in [2.24, 2.45) is 3.60 Å². The number of nitrogens with one attached hydrogen (secondary N) is 1. The summed E-state index contributed by atoms with van der Waals surface area (Å²) in [5, 5.41) is 0. The molecule has 0 saturated carbocycles. The van der Waals surface area contributed by atoms with Gasteiger partial charge in [-0.05, 0) is 0 Å². The summed E-state index contributed by atoms with van der Waals surface area (Å²) < 4.78 is 3.64. The molecule has 6 heteroatoms. The summed E-state index contributed by atoms with van der Waals surface area (Å²) in [5.74, 6) is -0.394. The summed E-state index contributed by atoms with van der Waals surface area (Å²) in [6, 6.07) is 0. The third-order valence-electron chi connectivity index (χ3n) is 0.478. The molecule has 1 amide bonds. The van der Waals surface area contributed by atoms with Crippen molar-refractivity contribution in [3.05, 3.63) is 0 Å². The molecule has 9 heavy (non-hydrogen) atoms. The minimum absolute atomic E-state index is 0.222. The van der Waals surface area contributed by atoms with Gasteiger partial charge in [-0.15, -0.1) is 0 Å². The molecule has 0 fully saturated rings. The van der Waals surface area contributed by atoms with Crippen molar-refractivity contribution in [1.82, 2.24) is 5.43 Å². The van der Waals surface area contributed by atoms with Gasteiger partial charge < -0.3 is 0 Å². The van der Waals surface area contributed by atoms with Crippen molar-refractivity contribution >= 4 is 16.1 Å². The maximum absolute atomic E-state index is 10.5. The maximum atomic E-state index is 10.5. The van der Waals surface area contributed by atoms with Gasteiger partial charge in [0.05, 0.1) is 0 Å². The van der Waals surface area contributed by atoms with Gasteiger partial charge in [-0.25, -0.2) is 0 Å². The average molecular weight is 466 g/mol. The van der Waals surface area contributed by atoms with Crippen LogP contribution in [0.25, 0.3) is 0 Å². The second-order valence-electron chi connectivity index (χ2n) is 1.01. The van der Waals surface area contributed by atoms with Crippen LogP contribution >= 0.6 is 0 Å². The molecule has 0 aromatic rings.